The molecular formula is C13H24N2S. The number of aryl methyl sites for hydroxylation is 2. The van der Waals surface area contributed by atoms with E-state index in [1.807, 2.05) is 11.3 Å². The van der Waals surface area contributed by atoms with Crippen LogP contribution >= 0.6 is 11.3 Å². The molecule has 0 aliphatic heterocycles. The highest BCUT2D eigenvalue weighted by molar-refractivity contribution is 7.11. The second kappa shape index (κ2) is 6.36. The Morgan fingerprint density at radius 1 is 1.25 bits per heavy atom. The SMILES string of the molecule is CCC(CC)C(C)NCc1sc(C)nc1C. The Morgan fingerprint density at radius 2 is 1.88 bits per heavy atom. The van der Waals surface area contributed by atoms with Crippen LogP contribution in [-0.2, 0) is 6.54 Å². The molecule has 92 valence electrons. The molecule has 0 amide bonds. The second-order valence-electron chi connectivity index (χ2n) is 4.49. The van der Waals surface area contributed by atoms with E-state index in [9.17, 15) is 0 Å². The van der Waals surface area contributed by atoms with Crippen molar-refractivity contribution in [3.63, 3.8) is 0 Å². The summed E-state index contributed by atoms with van der Waals surface area (Å²) in [6, 6.07) is 0.594. The summed E-state index contributed by atoms with van der Waals surface area (Å²) in [6.45, 7) is 12.0. The molecule has 0 bridgehead atoms. The number of rotatable bonds is 6. The van der Waals surface area contributed by atoms with Gasteiger partial charge in [0.25, 0.3) is 0 Å². The second-order valence-corrected chi connectivity index (χ2v) is 5.78. The number of hydrogen-bond acceptors (Lipinski definition) is 3. The average Bonchev–Trinajstić information content (AvgIpc) is 2.56. The molecule has 1 heterocycles. The smallest absolute Gasteiger partial charge is 0.0900 e. The highest BCUT2D eigenvalue weighted by Gasteiger charge is 2.13. The van der Waals surface area contributed by atoms with Gasteiger partial charge in [-0.1, -0.05) is 26.7 Å². The fourth-order valence-electron chi connectivity index (χ4n) is 2.15. The van der Waals surface area contributed by atoms with Crippen LogP contribution in [0.1, 0.15) is 49.2 Å². The van der Waals surface area contributed by atoms with Gasteiger partial charge >= 0.3 is 0 Å². The lowest BCUT2D eigenvalue weighted by Gasteiger charge is -2.22. The van der Waals surface area contributed by atoms with Crippen molar-refractivity contribution in [2.45, 2.75) is 60.0 Å². The molecular weight excluding hydrogens is 216 g/mol. The summed E-state index contributed by atoms with van der Waals surface area (Å²) < 4.78 is 0. The Kier molecular flexibility index (Phi) is 5.42. The van der Waals surface area contributed by atoms with Crippen LogP contribution < -0.4 is 5.32 Å². The van der Waals surface area contributed by atoms with Gasteiger partial charge in [-0.25, -0.2) is 4.98 Å². The average molecular weight is 240 g/mol. The zero-order chi connectivity index (χ0) is 12.1. The summed E-state index contributed by atoms with van der Waals surface area (Å²) in [6.07, 6.45) is 2.51. The summed E-state index contributed by atoms with van der Waals surface area (Å²) in [5.41, 5.74) is 1.19. The predicted molar refractivity (Wildman–Crippen MR) is 72.0 cm³/mol. The number of thiazole rings is 1. The molecule has 16 heavy (non-hydrogen) atoms. The van der Waals surface area contributed by atoms with E-state index in [4.69, 9.17) is 0 Å². The van der Waals surface area contributed by atoms with Crippen LogP contribution in [0.4, 0.5) is 0 Å². The first-order chi connectivity index (χ1) is 7.58. The maximum Gasteiger partial charge on any atom is 0.0900 e. The van der Waals surface area contributed by atoms with Gasteiger partial charge in [-0.15, -0.1) is 11.3 Å². The van der Waals surface area contributed by atoms with Crippen molar-refractivity contribution in [2.24, 2.45) is 5.92 Å². The number of nitrogens with zero attached hydrogens (tertiary/aromatic N) is 1. The van der Waals surface area contributed by atoms with E-state index >= 15 is 0 Å². The van der Waals surface area contributed by atoms with Crippen molar-refractivity contribution in [3.05, 3.63) is 15.6 Å². The van der Waals surface area contributed by atoms with E-state index in [1.54, 1.807) is 0 Å². The molecule has 1 atom stereocenters. The Labute approximate surface area is 103 Å². The van der Waals surface area contributed by atoms with Crippen molar-refractivity contribution < 1.29 is 0 Å². The summed E-state index contributed by atoms with van der Waals surface area (Å²) in [4.78, 5) is 5.84. The van der Waals surface area contributed by atoms with Crippen LogP contribution in [-0.4, -0.2) is 11.0 Å². The topological polar surface area (TPSA) is 24.9 Å². The molecule has 1 N–H and O–H groups in total. The van der Waals surface area contributed by atoms with Gasteiger partial charge in [0.1, 0.15) is 0 Å². The Bertz CT molecular complexity index is 316. The van der Waals surface area contributed by atoms with E-state index in [0.29, 0.717) is 6.04 Å². The van der Waals surface area contributed by atoms with Gasteiger partial charge in [0.2, 0.25) is 0 Å². The number of aromatic nitrogens is 1. The van der Waals surface area contributed by atoms with Crippen molar-refractivity contribution in [3.8, 4) is 0 Å². The molecule has 0 radical (unpaired) electrons. The van der Waals surface area contributed by atoms with Gasteiger partial charge in [0.05, 0.1) is 10.7 Å². The lowest BCUT2D eigenvalue weighted by atomic mass is 9.95. The Hall–Kier alpha value is -0.410. The number of hydrogen-bond donors (Lipinski definition) is 1. The standard InChI is InChI=1S/C13H24N2S/c1-6-12(7-2)9(3)14-8-13-10(4)15-11(5)16-13/h9,12,14H,6-8H2,1-5H3. The molecule has 2 nitrogen and oxygen atoms in total. The number of nitrogens with one attached hydrogen (secondary N) is 1. The van der Waals surface area contributed by atoms with Crippen LogP contribution in [0.25, 0.3) is 0 Å². The highest BCUT2D eigenvalue weighted by Crippen LogP contribution is 2.18. The molecule has 0 spiro atoms. The monoisotopic (exact) mass is 240 g/mol. The van der Waals surface area contributed by atoms with Crippen molar-refractivity contribution in [1.82, 2.24) is 10.3 Å². The molecule has 0 aliphatic rings. The molecule has 3 heteroatoms. The molecule has 0 fully saturated rings. The summed E-state index contributed by atoms with van der Waals surface area (Å²) in [5.74, 6) is 0.786. The Balaban J connectivity index is 2.48. The van der Waals surface area contributed by atoms with Gasteiger partial charge < -0.3 is 5.32 Å². The molecule has 0 aromatic carbocycles. The maximum atomic E-state index is 4.45. The third-order valence-corrected chi connectivity index (χ3v) is 4.41. The quantitative estimate of drug-likeness (QED) is 0.820. The molecule has 1 aromatic rings. The molecule has 1 unspecified atom stereocenters. The van der Waals surface area contributed by atoms with Crippen LogP contribution in [0.5, 0.6) is 0 Å². The minimum Gasteiger partial charge on any atom is -0.309 e. The fourth-order valence-corrected chi connectivity index (χ4v) is 3.04. The summed E-state index contributed by atoms with van der Waals surface area (Å²) in [7, 11) is 0. The largest absolute Gasteiger partial charge is 0.309 e. The minimum atomic E-state index is 0.594. The Morgan fingerprint density at radius 3 is 2.31 bits per heavy atom. The highest BCUT2D eigenvalue weighted by atomic mass is 32.1. The lowest BCUT2D eigenvalue weighted by molar-refractivity contribution is 0.353. The first-order valence-electron chi connectivity index (χ1n) is 6.24. The minimum absolute atomic E-state index is 0.594. The fraction of sp³-hybridized carbons (Fsp3) is 0.769. The van der Waals surface area contributed by atoms with E-state index in [1.165, 1.54) is 28.4 Å². The molecule has 0 aliphatic carbocycles. The molecule has 0 saturated carbocycles. The molecule has 1 rings (SSSR count). The van der Waals surface area contributed by atoms with Gasteiger partial charge in [0, 0.05) is 17.5 Å². The maximum absolute atomic E-state index is 4.45. The zero-order valence-corrected chi connectivity index (χ0v) is 11.9. The van der Waals surface area contributed by atoms with Gasteiger partial charge in [-0.2, -0.15) is 0 Å². The third kappa shape index (κ3) is 3.56. The zero-order valence-electron chi connectivity index (χ0n) is 11.1. The van der Waals surface area contributed by atoms with Crippen LogP contribution in [0.2, 0.25) is 0 Å². The van der Waals surface area contributed by atoms with E-state index in [-0.39, 0.29) is 0 Å². The van der Waals surface area contributed by atoms with Crippen LogP contribution in [0.3, 0.4) is 0 Å². The van der Waals surface area contributed by atoms with Gasteiger partial charge in [-0.05, 0) is 26.7 Å². The van der Waals surface area contributed by atoms with Crippen molar-refractivity contribution in [2.75, 3.05) is 0 Å². The van der Waals surface area contributed by atoms with Crippen LogP contribution in [0.15, 0.2) is 0 Å². The van der Waals surface area contributed by atoms with Crippen molar-refractivity contribution in [1.29, 1.82) is 0 Å². The van der Waals surface area contributed by atoms with E-state index in [0.717, 1.165) is 12.5 Å². The summed E-state index contributed by atoms with van der Waals surface area (Å²) in [5, 5.41) is 4.80. The molecule has 0 saturated heterocycles. The van der Waals surface area contributed by atoms with Crippen molar-refractivity contribution >= 4 is 11.3 Å². The summed E-state index contributed by atoms with van der Waals surface area (Å²) >= 11 is 1.81. The first kappa shape index (κ1) is 13.7. The normalized spacial score (nSPS) is 13.4. The lowest BCUT2D eigenvalue weighted by Crippen LogP contribution is -2.32. The molecule has 1 aromatic heterocycles. The van der Waals surface area contributed by atoms with Gasteiger partial charge in [-0.3, -0.25) is 0 Å². The third-order valence-electron chi connectivity index (χ3n) is 3.34. The first-order valence-corrected chi connectivity index (χ1v) is 7.06. The van der Waals surface area contributed by atoms with E-state index in [2.05, 4.69) is 44.9 Å². The van der Waals surface area contributed by atoms with Gasteiger partial charge in [0.15, 0.2) is 0 Å². The predicted octanol–water partition coefficient (Wildman–Crippen LogP) is 3.67. The van der Waals surface area contributed by atoms with Crippen LogP contribution in [0, 0.1) is 19.8 Å². The van der Waals surface area contributed by atoms with E-state index < -0.39 is 0 Å².